The molecular weight excluding hydrogens is 334 g/mol. The topological polar surface area (TPSA) is 75.4 Å². The van der Waals surface area contributed by atoms with E-state index in [0.717, 1.165) is 30.4 Å². The number of nitrogens with zero attached hydrogens (tertiary/aromatic N) is 4. The van der Waals surface area contributed by atoms with E-state index < -0.39 is 5.54 Å². The number of anilines is 1. The van der Waals surface area contributed by atoms with E-state index in [0.29, 0.717) is 25.0 Å². The lowest BCUT2D eigenvalue weighted by atomic mass is 9.95. The molecule has 1 aliphatic carbocycles. The summed E-state index contributed by atoms with van der Waals surface area (Å²) in [5.74, 6) is 1.15. The molecule has 1 aromatic rings. The molecule has 2 fully saturated rings. The Morgan fingerprint density at radius 1 is 1.29 bits per heavy atom. The van der Waals surface area contributed by atoms with Crippen LogP contribution in [0.1, 0.15) is 19.8 Å². The molecule has 2 heterocycles. The molecular formula is C14H20BrN5O. The fourth-order valence-corrected chi connectivity index (χ4v) is 2.98. The van der Waals surface area contributed by atoms with Crippen molar-refractivity contribution in [2.45, 2.75) is 25.3 Å². The maximum atomic E-state index is 12.5. The van der Waals surface area contributed by atoms with E-state index in [2.05, 4.69) is 30.8 Å². The fraction of sp³-hybridized carbons (Fsp3) is 0.643. The van der Waals surface area contributed by atoms with Crippen molar-refractivity contribution in [1.82, 2.24) is 14.9 Å². The van der Waals surface area contributed by atoms with Gasteiger partial charge in [-0.1, -0.05) is 0 Å². The number of piperazine rings is 1. The summed E-state index contributed by atoms with van der Waals surface area (Å²) in [5, 5.41) is 0. The summed E-state index contributed by atoms with van der Waals surface area (Å²) < 4.78 is 0.864. The number of rotatable bonds is 3. The van der Waals surface area contributed by atoms with E-state index >= 15 is 0 Å². The molecule has 1 saturated heterocycles. The molecule has 7 heteroatoms. The van der Waals surface area contributed by atoms with E-state index in [9.17, 15) is 4.79 Å². The van der Waals surface area contributed by atoms with Crippen LogP contribution in [0.2, 0.25) is 0 Å². The van der Waals surface area contributed by atoms with Gasteiger partial charge < -0.3 is 15.5 Å². The monoisotopic (exact) mass is 353 g/mol. The molecule has 6 nitrogen and oxygen atoms in total. The maximum absolute atomic E-state index is 12.5. The molecule has 1 unspecified atom stereocenters. The molecule has 21 heavy (non-hydrogen) atoms. The first-order chi connectivity index (χ1) is 9.98. The molecule has 0 spiro atoms. The van der Waals surface area contributed by atoms with Crippen LogP contribution in [-0.4, -0.2) is 52.5 Å². The molecule has 1 atom stereocenters. The lowest BCUT2D eigenvalue weighted by molar-refractivity contribution is -0.137. The lowest BCUT2D eigenvalue weighted by Crippen LogP contribution is -2.59. The third-order valence-electron chi connectivity index (χ3n) is 4.34. The molecule has 0 bridgehead atoms. The maximum Gasteiger partial charge on any atom is 0.242 e. The van der Waals surface area contributed by atoms with Gasteiger partial charge in [0.2, 0.25) is 11.9 Å². The summed E-state index contributed by atoms with van der Waals surface area (Å²) in [7, 11) is 0. The van der Waals surface area contributed by atoms with E-state index in [1.807, 2.05) is 11.8 Å². The minimum absolute atomic E-state index is 0.0846. The molecule has 2 aliphatic rings. The smallest absolute Gasteiger partial charge is 0.242 e. The summed E-state index contributed by atoms with van der Waals surface area (Å²) in [5.41, 5.74) is 5.53. The number of carbonyl (C=O) groups is 1. The van der Waals surface area contributed by atoms with Crippen molar-refractivity contribution in [3.8, 4) is 0 Å². The van der Waals surface area contributed by atoms with Crippen molar-refractivity contribution in [2.24, 2.45) is 11.7 Å². The second-order valence-electron chi connectivity index (χ2n) is 6.04. The molecule has 1 aromatic heterocycles. The van der Waals surface area contributed by atoms with Crippen molar-refractivity contribution >= 4 is 27.8 Å². The van der Waals surface area contributed by atoms with Gasteiger partial charge >= 0.3 is 0 Å². The number of hydrogen-bond donors (Lipinski definition) is 1. The number of halogens is 1. The van der Waals surface area contributed by atoms with Gasteiger partial charge in [0.15, 0.2) is 0 Å². The van der Waals surface area contributed by atoms with E-state index in [-0.39, 0.29) is 5.91 Å². The first-order valence-electron chi connectivity index (χ1n) is 7.29. The molecule has 0 radical (unpaired) electrons. The van der Waals surface area contributed by atoms with E-state index in [4.69, 9.17) is 5.73 Å². The SMILES string of the molecule is CC(N)(C(=O)N1CCN(c2ncc(Br)cn2)CC1)C1CC1. The van der Waals surface area contributed by atoms with Crippen LogP contribution in [0.25, 0.3) is 0 Å². The van der Waals surface area contributed by atoms with Crippen LogP contribution < -0.4 is 10.6 Å². The van der Waals surface area contributed by atoms with E-state index in [1.165, 1.54) is 0 Å². The first-order valence-corrected chi connectivity index (χ1v) is 8.08. The molecule has 1 amide bonds. The van der Waals surface area contributed by atoms with Gasteiger partial charge in [-0.25, -0.2) is 9.97 Å². The van der Waals surface area contributed by atoms with Gasteiger partial charge in [0, 0.05) is 38.6 Å². The molecule has 3 rings (SSSR count). The molecule has 1 saturated carbocycles. The predicted molar refractivity (Wildman–Crippen MR) is 83.8 cm³/mol. The van der Waals surface area contributed by atoms with Crippen LogP contribution in [0.4, 0.5) is 5.95 Å². The highest BCUT2D eigenvalue weighted by Gasteiger charge is 2.46. The van der Waals surface area contributed by atoms with Crippen LogP contribution in [0.15, 0.2) is 16.9 Å². The Labute approximate surface area is 132 Å². The van der Waals surface area contributed by atoms with Gasteiger partial charge in [0.05, 0.1) is 10.0 Å². The molecule has 0 aromatic carbocycles. The molecule has 1 aliphatic heterocycles. The Morgan fingerprint density at radius 2 is 1.86 bits per heavy atom. The summed E-state index contributed by atoms with van der Waals surface area (Å²) in [4.78, 5) is 25.1. The Morgan fingerprint density at radius 3 is 2.38 bits per heavy atom. The van der Waals surface area contributed by atoms with Crippen LogP contribution >= 0.6 is 15.9 Å². The number of nitrogens with two attached hydrogens (primary N) is 1. The zero-order chi connectivity index (χ0) is 15.0. The fourth-order valence-electron chi connectivity index (χ4n) is 2.78. The van der Waals surface area contributed by atoms with E-state index in [1.54, 1.807) is 12.4 Å². The van der Waals surface area contributed by atoms with Gasteiger partial charge in [0.25, 0.3) is 0 Å². The number of amides is 1. The summed E-state index contributed by atoms with van der Waals surface area (Å²) in [6.45, 7) is 4.72. The zero-order valence-corrected chi connectivity index (χ0v) is 13.7. The Kier molecular flexibility index (Phi) is 3.88. The van der Waals surface area contributed by atoms with Gasteiger partial charge in [-0.15, -0.1) is 0 Å². The quantitative estimate of drug-likeness (QED) is 0.877. The summed E-state index contributed by atoms with van der Waals surface area (Å²) in [6, 6.07) is 0. The second kappa shape index (κ2) is 5.53. The minimum atomic E-state index is -0.698. The second-order valence-corrected chi connectivity index (χ2v) is 6.95. The van der Waals surface area contributed by atoms with Crippen LogP contribution in [-0.2, 0) is 4.79 Å². The zero-order valence-electron chi connectivity index (χ0n) is 12.1. The predicted octanol–water partition coefficient (Wildman–Crippen LogP) is 1.02. The van der Waals surface area contributed by atoms with Gasteiger partial charge in [-0.3, -0.25) is 4.79 Å². The Balaban J connectivity index is 1.60. The van der Waals surface area contributed by atoms with Crippen molar-refractivity contribution in [3.05, 3.63) is 16.9 Å². The number of carbonyl (C=O) groups excluding carboxylic acids is 1. The average Bonchev–Trinajstić information content (AvgIpc) is 3.32. The van der Waals surface area contributed by atoms with Crippen molar-refractivity contribution in [1.29, 1.82) is 0 Å². The van der Waals surface area contributed by atoms with Crippen LogP contribution in [0, 0.1) is 5.92 Å². The highest BCUT2D eigenvalue weighted by molar-refractivity contribution is 9.10. The minimum Gasteiger partial charge on any atom is -0.338 e. The Hall–Kier alpha value is -1.21. The normalized spacial score (nSPS) is 22.0. The van der Waals surface area contributed by atoms with Crippen molar-refractivity contribution < 1.29 is 4.79 Å². The largest absolute Gasteiger partial charge is 0.338 e. The van der Waals surface area contributed by atoms with Crippen LogP contribution in [0.5, 0.6) is 0 Å². The standard InChI is InChI=1S/C14H20BrN5O/c1-14(16,10-2-3-10)12(21)19-4-6-20(7-5-19)13-17-8-11(15)9-18-13/h8-10H,2-7,16H2,1H3. The van der Waals surface area contributed by atoms with Gasteiger partial charge in [-0.05, 0) is 41.6 Å². The third kappa shape index (κ3) is 3.03. The highest BCUT2D eigenvalue weighted by Crippen LogP contribution is 2.39. The van der Waals surface area contributed by atoms with Crippen molar-refractivity contribution in [2.75, 3.05) is 31.1 Å². The average molecular weight is 354 g/mol. The lowest BCUT2D eigenvalue weighted by Gasteiger charge is -2.38. The summed E-state index contributed by atoms with van der Waals surface area (Å²) in [6.07, 6.45) is 5.63. The molecule has 114 valence electrons. The van der Waals surface area contributed by atoms with Crippen molar-refractivity contribution in [3.63, 3.8) is 0 Å². The van der Waals surface area contributed by atoms with Gasteiger partial charge in [-0.2, -0.15) is 0 Å². The van der Waals surface area contributed by atoms with Gasteiger partial charge in [0.1, 0.15) is 0 Å². The third-order valence-corrected chi connectivity index (χ3v) is 4.75. The summed E-state index contributed by atoms with van der Waals surface area (Å²) >= 11 is 3.33. The van der Waals surface area contributed by atoms with Crippen LogP contribution in [0.3, 0.4) is 0 Å². The highest BCUT2D eigenvalue weighted by atomic mass is 79.9. The number of aromatic nitrogens is 2. The Bertz CT molecular complexity index is 521. The first kappa shape index (κ1) is 14.7. The number of hydrogen-bond acceptors (Lipinski definition) is 5. The molecule has 2 N–H and O–H groups in total.